The zero-order valence-corrected chi connectivity index (χ0v) is 10.3. The number of benzene rings is 1. The minimum atomic E-state index is -0.386. The van der Waals surface area contributed by atoms with E-state index in [1.54, 1.807) is 24.5 Å². The first-order valence-corrected chi connectivity index (χ1v) is 5.92. The van der Waals surface area contributed by atoms with Crippen molar-refractivity contribution in [2.75, 3.05) is 0 Å². The number of rotatable bonds is 3. The van der Waals surface area contributed by atoms with Crippen molar-refractivity contribution in [3.8, 4) is 0 Å². The lowest BCUT2D eigenvalue weighted by Gasteiger charge is -2.03. The standard InChI is InChI=1S/C13H11FO2S/c1-8(15)10-3-4-13(11(14)7-10)17-12-5-6-16-9(12)2/h3-7H,1-2H3. The molecule has 2 rings (SSSR count). The first kappa shape index (κ1) is 11.9. The number of hydrogen-bond acceptors (Lipinski definition) is 3. The molecule has 0 radical (unpaired) electrons. The van der Waals surface area contributed by atoms with Gasteiger partial charge in [0.15, 0.2) is 5.78 Å². The Labute approximate surface area is 103 Å². The van der Waals surface area contributed by atoms with Crippen LogP contribution < -0.4 is 0 Å². The fourth-order valence-electron chi connectivity index (χ4n) is 1.40. The highest BCUT2D eigenvalue weighted by atomic mass is 32.2. The molecular formula is C13H11FO2S. The summed E-state index contributed by atoms with van der Waals surface area (Å²) >= 11 is 1.29. The average molecular weight is 250 g/mol. The summed E-state index contributed by atoms with van der Waals surface area (Å²) in [5, 5.41) is 0. The summed E-state index contributed by atoms with van der Waals surface area (Å²) in [5.74, 6) is 0.230. The van der Waals surface area contributed by atoms with Gasteiger partial charge in [-0.05, 0) is 32.0 Å². The zero-order valence-electron chi connectivity index (χ0n) is 9.49. The van der Waals surface area contributed by atoms with Crippen molar-refractivity contribution in [3.05, 3.63) is 47.7 Å². The van der Waals surface area contributed by atoms with E-state index in [2.05, 4.69) is 0 Å². The quantitative estimate of drug-likeness (QED) is 0.769. The number of carbonyl (C=O) groups excluding carboxylic acids is 1. The summed E-state index contributed by atoms with van der Waals surface area (Å²) in [5.41, 5.74) is 0.385. The molecule has 1 aromatic carbocycles. The van der Waals surface area contributed by atoms with Gasteiger partial charge < -0.3 is 4.42 Å². The highest BCUT2D eigenvalue weighted by Crippen LogP contribution is 2.32. The van der Waals surface area contributed by atoms with Crippen molar-refractivity contribution in [2.45, 2.75) is 23.6 Å². The molecule has 0 aliphatic rings. The van der Waals surface area contributed by atoms with E-state index in [-0.39, 0.29) is 11.6 Å². The second kappa shape index (κ2) is 4.75. The van der Waals surface area contributed by atoms with Gasteiger partial charge in [0.2, 0.25) is 0 Å². The van der Waals surface area contributed by atoms with Crippen LogP contribution in [0.2, 0.25) is 0 Å². The molecule has 17 heavy (non-hydrogen) atoms. The summed E-state index contributed by atoms with van der Waals surface area (Å²) in [6.45, 7) is 3.24. The Balaban J connectivity index is 2.29. The van der Waals surface area contributed by atoms with Crippen molar-refractivity contribution in [3.63, 3.8) is 0 Å². The average Bonchev–Trinajstić information content (AvgIpc) is 2.67. The van der Waals surface area contributed by atoms with Gasteiger partial charge in [-0.15, -0.1) is 0 Å². The topological polar surface area (TPSA) is 30.2 Å². The number of carbonyl (C=O) groups is 1. The van der Waals surface area contributed by atoms with E-state index in [1.165, 1.54) is 24.8 Å². The molecule has 0 spiro atoms. The Morgan fingerprint density at radius 1 is 1.29 bits per heavy atom. The molecule has 0 unspecified atom stereocenters. The molecule has 1 aromatic heterocycles. The lowest BCUT2D eigenvalue weighted by molar-refractivity contribution is 0.101. The summed E-state index contributed by atoms with van der Waals surface area (Å²) < 4.78 is 18.9. The van der Waals surface area contributed by atoms with E-state index in [4.69, 9.17) is 4.42 Å². The van der Waals surface area contributed by atoms with Gasteiger partial charge >= 0.3 is 0 Å². The van der Waals surface area contributed by atoms with Gasteiger partial charge in [0.05, 0.1) is 11.2 Å². The summed E-state index contributed by atoms with van der Waals surface area (Å²) in [4.78, 5) is 12.5. The van der Waals surface area contributed by atoms with Crippen LogP contribution >= 0.6 is 11.8 Å². The fraction of sp³-hybridized carbons (Fsp3) is 0.154. The second-order valence-corrected chi connectivity index (χ2v) is 4.73. The molecular weight excluding hydrogens is 239 g/mol. The maximum absolute atomic E-state index is 13.7. The molecule has 0 aliphatic heterocycles. The van der Waals surface area contributed by atoms with E-state index in [0.717, 1.165) is 10.7 Å². The van der Waals surface area contributed by atoms with E-state index < -0.39 is 0 Å². The smallest absolute Gasteiger partial charge is 0.159 e. The van der Waals surface area contributed by atoms with Crippen LogP contribution in [0.4, 0.5) is 4.39 Å². The summed E-state index contributed by atoms with van der Waals surface area (Å²) in [6, 6.07) is 6.30. The van der Waals surface area contributed by atoms with Crippen molar-refractivity contribution >= 4 is 17.5 Å². The zero-order chi connectivity index (χ0) is 12.4. The predicted molar refractivity (Wildman–Crippen MR) is 64.0 cm³/mol. The third-order valence-corrected chi connectivity index (χ3v) is 3.56. The van der Waals surface area contributed by atoms with Crippen LogP contribution in [0.15, 0.2) is 44.7 Å². The minimum Gasteiger partial charge on any atom is -0.468 e. The largest absolute Gasteiger partial charge is 0.468 e. The van der Waals surface area contributed by atoms with Gasteiger partial charge in [-0.25, -0.2) is 4.39 Å². The van der Waals surface area contributed by atoms with E-state index in [1.807, 2.05) is 6.92 Å². The number of furan rings is 1. The molecule has 0 aliphatic carbocycles. The molecule has 0 atom stereocenters. The van der Waals surface area contributed by atoms with Crippen LogP contribution in [0.1, 0.15) is 23.0 Å². The Hall–Kier alpha value is -1.55. The Morgan fingerprint density at radius 3 is 2.59 bits per heavy atom. The number of hydrogen-bond donors (Lipinski definition) is 0. The van der Waals surface area contributed by atoms with E-state index >= 15 is 0 Å². The highest BCUT2D eigenvalue weighted by molar-refractivity contribution is 7.99. The van der Waals surface area contributed by atoms with Crippen molar-refractivity contribution in [2.24, 2.45) is 0 Å². The molecule has 0 fully saturated rings. The van der Waals surface area contributed by atoms with Crippen LogP contribution in [-0.4, -0.2) is 5.78 Å². The minimum absolute atomic E-state index is 0.139. The second-order valence-electron chi connectivity index (χ2n) is 3.64. The van der Waals surface area contributed by atoms with E-state index in [9.17, 15) is 9.18 Å². The van der Waals surface area contributed by atoms with E-state index in [0.29, 0.717) is 10.5 Å². The molecule has 4 heteroatoms. The molecule has 2 nitrogen and oxygen atoms in total. The van der Waals surface area contributed by atoms with Crippen molar-refractivity contribution < 1.29 is 13.6 Å². The molecule has 2 aromatic rings. The predicted octanol–water partition coefficient (Wildman–Crippen LogP) is 4.08. The lowest BCUT2D eigenvalue weighted by atomic mass is 10.1. The molecule has 0 N–H and O–H groups in total. The normalized spacial score (nSPS) is 10.5. The maximum atomic E-state index is 13.7. The Bertz CT molecular complexity index is 560. The highest BCUT2D eigenvalue weighted by Gasteiger charge is 2.10. The van der Waals surface area contributed by atoms with Crippen LogP contribution in [0.25, 0.3) is 0 Å². The number of Topliss-reactive ketones (excluding diaryl/α,β-unsaturated/α-hetero) is 1. The lowest BCUT2D eigenvalue weighted by Crippen LogP contribution is -1.93. The molecule has 88 valence electrons. The Kier molecular flexibility index (Phi) is 3.33. The first-order chi connectivity index (χ1) is 8.08. The van der Waals surface area contributed by atoms with Crippen LogP contribution in [-0.2, 0) is 0 Å². The van der Waals surface area contributed by atoms with Gasteiger partial charge in [-0.3, -0.25) is 4.79 Å². The molecule has 0 saturated carbocycles. The van der Waals surface area contributed by atoms with Gasteiger partial charge in [0, 0.05) is 10.5 Å². The van der Waals surface area contributed by atoms with Gasteiger partial charge in [-0.1, -0.05) is 17.8 Å². The van der Waals surface area contributed by atoms with Crippen LogP contribution in [0.5, 0.6) is 0 Å². The molecule has 0 amide bonds. The van der Waals surface area contributed by atoms with Gasteiger partial charge in [0.25, 0.3) is 0 Å². The van der Waals surface area contributed by atoms with Crippen LogP contribution in [0, 0.1) is 12.7 Å². The third-order valence-electron chi connectivity index (χ3n) is 2.37. The number of aryl methyl sites for hydroxylation is 1. The van der Waals surface area contributed by atoms with Crippen molar-refractivity contribution in [1.29, 1.82) is 0 Å². The molecule has 0 saturated heterocycles. The first-order valence-electron chi connectivity index (χ1n) is 5.10. The van der Waals surface area contributed by atoms with Gasteiger partial charge in [-0.2, -0.15) is 0 Å². The van der Waals surface area contributed by atoms with Crippen LogP contribution in [0.3, 0.4) is 0 Å². The number of ketones is 1. The molecule has 1 heterocycles. The summed E-state index contributed by atoms with van der Waals surface area (Å²) in [7, 11) is 0. The molecule has 0 bridgehead atoms. The number of halogens is 1. The van der Waals surface area contributed by atoms with Crippen molar-refractivity contribution in [1.82, 2.24) is 0 Å². The summed E-state index contributed by atoms with van der Waals surface area (Å²) in [6.07, 6.45) is 1.57. The fourth-order valence-corrected chi connectivity index (χ4v) is 2.25. The SMILES string of the molecule is CC(=O)c1ccc(Sc2ccoc2C)c(F)c1. The monoisotopic (exact) mass is 250 g/mol. The third kappa shape index (κ3) is 2.58. The van der Waals surface area contributed by atoms with Gasteiger partial charge in [0.1, 0.15) is 11.6 Å². The maximum Gasteiger partial charge on any atom is 0.159 e. The Morgan fingerprint density at radius 2 is 2.06 bits per heavy atom.